The number of aromatic nitrogens is 2. The molecule has 0 atom stereocenters. The van der Waals surface area contributed by atoms with Crippen LogP contribution < -0.4 is 4.72 Å². The monoisotopic (exact) mass is 239 g/mol. The van der Waals surface area contributed by atoms with E-state index in [4.69, 9.17) is 0 Å². The first-order chi connectivity index (χ1) is 6.08. The maximum Gasteiger partial charge on any atom is 0.208 e. The number of hydrogen-bond acceptors (Lipinski definition) is 3. The van der Waals surface area contributed by atoms with Crippen molar-refractivity contribution in [1.29, 1.82) is 0 Å². The van der Waals surface area contributed by atoms with E-state index >= 15 is 0 Å². The number of nitrogens with zero attached hydrogens (tertiary/aromatic N) is 2. The Kier molecular flexibility index (Phi) is 5.75. The highest BCUT2D eigenvalue weighted by molar-refractivity contribution is 7.88. The molecule has 0 aliphatic rings. The van der Waals surface area contributed by atoms with Crippen LogP contribution in [0.2, 0.25) is 0 Å². The van der Waals surface area contributed by atoms with Crippen LogP contribution in [-0.4, -0.2) is 30.8 Å². The molecular formula is C7H14ClN3O2S. The van der Waals surface area contributed by atoms with Crippen LogP contribution in [0.3, 0.4) is 0 Å². The third-order valence-electron chi connectivity index (χ3n) is 1.52. The normalized spacial score (nSPS) is 10.9. The molecule has 7 heteroatoms. The summed E-state index contributed by atoms with van der Waals surface area (Å²) in [4.78, 5) is 3.87. The first kappa shape index (κ1) is 13.4. The van der Waals surface area contributed by atoms with Gasteiger partial charge in [0.15, 0.2) is 0 Å². The van der Waals surface area contributed by atoms with Gasteiger partial charge in [0.25, 0.3) is 0 Å². The van der Waals surface area contributed by atoms with Gasteiger partial charge in [-0.15, -0.1) is 12.4 Å². The van der Waals surface area contributed by atoms with Gasteiger partial charge in [-0.2, -0.15) is 0 Å². The Morgan fingerprint density at radius 2 is 2.21 bits per heavy atom. The van der Waals surface area contributed by atoms with E-state index in [-0.39, 0.29) is 12.4 Å². The van der Waals surface area contributed by atoms with Gasteiger partial charge in [-0.1, -0.05) is 0 Å². The highest BCUT2D eigenvalue weighted by atomic mass is 35.5. The summed E-state index contributed by atoms with van der Waals surface area (Å²) < 4.78 is 25.7. The third kappa shape index (κ3) is 5.95. The topological polar surface area (TPSA) is 64.0 Å². The minimum Gasteiger partial charge on any atom is -0.337 e. The van der Waals surface area contributed by atoms with E-state index in [1.165, 1.54) is 0 Å². The lowest BCUT2D eigenvalue weighted by atomic mass is 10.4. The summed E-state index contributed by atoms with van der Waals surface area (Å²) in [6.07, 6.45) is 7.18. The minimum absolute atomic E-state index is 0. The lowest BCUT2D eigenvalue weighted by Crippen LogP contribution is -2.23. The summed E-state index contributed by atoms with van der Waals surface area (Å²) in [5.74, 6) is 0. The number of imidazole rings is 1. The molecule has 0 aliphatic carbocycles. The number of rotatable bonds is 5. The summed E-state index contributed by atoms with van der Waals surface area (Å²) in [5.41, 5.74) is 0. The summed E-state index contributed by atoms with van der Waals surface area (Å²) in [7, 11) is -3.04. The van der Waals surface area contributed by atoms with Crippen molar-refractivity contribution in [3.8, 4) is 0 Å². The van der Waals surface area contributed by atoms with Crippen LogP contribution in [0.1, 0.15) is 6.42 Å². The molecule has 1 heterocycles. The second-order valence-corrected chi connectivity index (χ2v) is 4.65. The van der Waals surface area contributed by atoms with Crippen LogP contribution >= 0.6 is 12.4 Å². The fourth-order valence-electron chi connectivity index (χ4n) is 0.938. The maximum absolute atomic E-state index is 10.7. The van der Waals surface area contributed by atoms with Gasteiger partial charge in [0.2, 0.25) is 10.0 Å². The molecule has 5 nitrogen and oxygen atoms in total. The number of aryl methyl sites for hydroxylation is 1. The van der Waals surface area contributed by atoms with Crippen LogP contribution in [0.25, 0.3) is 0 Å². The smallest absolute Gasteiger partial charge is 0.208 e. The molecule has 1 N–H and O–H groups in total. The highest BCUT2D eigenvalue weighted by Crippen LogP contribution is 1.89. The van der Waals surface area contributed by atoms with Crippen LogP contribution in [-0.2, 0) is 16.6 Å². The minimum atomic E-state index is -3.04. The quantitative estimate of drug-likeness (QED) is 0.749. The van der Waals surface area contributed by atoms with Crippen molar-refractivity contribution >= 4 is 22.4 Å². The second-order valence-electron chi connectivity index (χ2n) is 2.82. The molecule has 0 amide bonds. The fourth-order valence-corrected chi connectivity index (χ4v) is 1.45. The first-order valence-electron chi connectivity index (χ1n) is 3.98. The molecule has 0 saturated heterocycles. The number of nitrogens with one attached hydrogen (secondary N) is 1. The molecule has 0 saturated carbocycles. The molecule has 1 rings (SSSR count). The van der Waals surface area contributed by atoms with E-state index in [0.29, 0.717) is 6.54 Å². The highest BCUT2D eigenvalue weighted by Gasteiger charge is 1.98. The molecule has 1 aromatic rings. The van der Waals surface area contributed by atoms with Gasteiger partial charge in [-0.05, 0) is 6.42 Å². The van der Waals surface area contributed by atoms with Crippen molar-refractivity contribution in [3.05, 3.63) is 18.7 Å². The van der Waals surface area contributed by atoms with Gasteiger partial charge in [0, 0.05) is 25.5 Å². The summed E-state index contributed by atoms with van der Waals surface area (Å²) in [6.45, 7) is 1.25. The molecule has 0 aliphatic heterocycles. The van der Waals surface area contributed by atoms with Crippen LogP contribution in [0, 0.1) is 0 Å². The molecule has 0 aromatic carbocycles. The largest absolute Gasteiger partial charge is 0.337 e. The first-order valence-corrected chi connectivity index (χ1v) is 5.87. The predicted molar refractivity (Wildman–Crippen MR) is 56.9 cm³/mol. The zero-order valence-electron chi connectivity index (χ0n) is 7.88. The van der Waals surface area contributed by atoms with Gasteiger partial charge < -0.3 is 4.57 Å². The van der Waals surface area contributed by atoms with E-state index in [1.54, 1.807) is 12.5 Å². The summed E-state index contributed by atoms with van der Waals surface area (Å²) in [6, 6.07) is 0. The number of halogens is 1. The lowest BCUT2D eigenvalue weighted by molar-refractivity contribution is 0.575. The van der Waals surface area contributed by atoms with Crippen LogP contribution in [0.4, 0.5) is 0 Å². The second kappa shape index (κ2) is 6.00. The molecule has 0 spiro atoms. The SMILES string of the molecule is CS(=O)(=O)NCCCn1ccnc1.Cl. The summed E-state index contributed by atoms with van der Waals surface area (Å²) >= 11 is 0. The zero-order chi connectivity index (χ0) is 9.73. The van der Waals surface area contributed by atoms with Gasteiger partial charge in [-0.25, -0.2) is 18.1 Å². The van der Waals surface area contributed by atoms with Crippen LogP contribution in [0.15, 0.2) is 18.7 Å². The Bertz CT molecular complexity index is 336. The Hall–Kier alpha value is -0.590. The van der Waals surface area contributed by atoms with Crippen molar-refractivity contribution in [2.75, 3.05) is 12.8 Å². The number of sulfonamides is 1. The van der Waals surface area contributed by atoms with Gasteiger partial charge >= 0.3 is 0 Å². The fraction of sp³-hybridized carbons (Fsp3) is 0.571. The van der Waals surface area contributed by atoms with Crippen molar-refractivity contribution in [2.24, 2.45) is 0 Å². The van der Waals surface area contributed by atoms with E-state index in [2.05, 4.69) is 9.71 Å². The van der Waals surface area contributed by atoms with E-state index in [9.17, 15) is 8.42 Å². The average Bonchev–Trinajstić information content (AvgIpc) is 2.48. The average molecular weight is 240 g/mol. The molecule has 0 unspecified atom stereocenters. The zero-order valence-corrected chi connectivity index (χ0v) is 9.51. The third-order valence-corrected chi connectivity index (χ3v) is 2.25. The Balaban J connectivity index is 0.00000169. The molecule has 14 heavy (non-hydrogen) atoms. The maximum atomic E-state index is 10.7. The van der Waals surface area contributed by atoms with Gasteiger partial charge in [0.1, 0.15) is 0 Å². The van der Waals surface area contributed by atoms with Crippen molar-refractivity contribution in [1.82, 2.24) is 14.3 Å². The predicted octanol–water partition coefficient (Wildman–Crippen LogP) is 0.244. The van der Waals surface area contributed by atoms with Crippen molar-refractivity contribution < 1.29 is 8.42 Å². The molecule has 0 radical (unpaired) electrons. The lowest BCUT2D eigenvalue weighted by Gasteiger charge is -2.02. The van der Waals surface area contributed by atoms with Gasteiger partial charge in [0.05, 0.1) is 12.6 Å². The molecular weight excluding hydrogens is 226 g/mol. The standard InChI is InChI=1S/C7H13N3O2S.ClH/c1-13(11,12)9-3-2-5-10-6-4-8-7-10;/h4,6-7,9H,2-3,5H2,1H3;1H. The van der Waals surface area contributed by atoms with Crippen molar-refractivity contribution in [2.45, 2.75) is 13.0 Å². The molecule has 1 aromatic heterocycles. The van der Waals surface area contributed by atoms with E-state index in [0.717, 1.165) is 19.2 Å². The van der Waals surface area contributed by atoms with E-state index in [1.807, 2.05) is 10.8 Å². The van der Waals surface area contributed by atoms with Gasteiger partial charge in [-0.3, -0.25) is 0 Å². The molecule has 0 bridgehead atoms. The molecule has 82 valence electrons. The Morgan fingerprint density at radius 3 is 2.71 bits per heavy atom. The number of hydrogen-bond donors (Lipinski definition) is 1. The Morgan fingerprint density at radius 1 is 1.50 bits per heavy atom. The molecule has 0 fully saturated rings. The van der Waals surface area contributed by atoms with Crippen LogP contribution in [0.5, 0.6) is 0 Å². The van der Waals surface area contributed by atoms with E-state index < -0.39 is 10.0 Å². The summed E-state index contributed by atoms with van der Waals surface area (Å²) in [5, 5.41) is 0. The van der Waals surface area contributed by atoms with Crippen molar-refractivity contribution in [3.63, 3.8) is 0 Å². The Labute approximate surface area is 90.0 Å².